The van der Waals surface area contributed by atoms with Crippen molar-refractivity contribution in [2.45, 2.75) is 6.04 Å². The van der Waals surface area contributed by atoms with Crippen molar-refractivity contribution in [3.05, 3.63) is 95.3 Å². The number of nitrogens with zero attached hydrogens (tertiary/aromatic N) is 2. The number of halogens is 1. The molecule has 4 aromatic rings. The topological polar surface area (TPSA) is 90.7 Å². The first-order valence-corrected chi connectivity index (χ1v) is 10.5. The number of benzene rings is 3. The Morgan fingerprint density at radius 2 is 1.78 bits per heavy atom. The summed E-state index contributed by atoms with van der Waals surface area (Å²) < 4.78 is 14.2. The van der Waals surface area contributed by atoms with Crippen molar-refractivity contribution in [2.24, 2.45) is 0 Å². The highest BCUT2D eigenvalue weighted by molar-refractivity contribution is 7.22. The third kappa shape index (κ3) is 3.21. The number of fused-ring (bicyclic) bond motifs is 1. The van der Waals surface area contributed by atoms with Gasteiger partial charge in [0.15, 0.2) is 5.13 Å². The molecule has 32 heavy (non-hydrogen) atoms. The van der Waals surface area contributed by atoms with E-state index in [0.29, 0.717) is 21.3 Å². The van der Waals surface area contributed by atoms with Crippen molar-refractivity contribution in [3.8, 4) is 5.75 Å². The predicted molar refractivity (Wildman–Crippen MR) is 119 cm³/mol. The molecule has 0 aliphatic carbocycles. The van der Waals surface area contributed by atoms with Gasteiger partial charge in [-0.05, 0) is 35.9 Å². The summed E-state index contributed by atoms with van der Waals surface area (Å²) in [6.07, 6.45) is 0. The van der Waals surface area contributed by atoms with E-state index in [4.69, 9.17) is 0 Å². The van der Waals surface area contributed by atoms with E-state index >= 15 is 0 Å². The van der Waals surface area contributed by atoms with Gasteiger partial charge in [0.25, 0.3) is 5.78 Å². The molecule has 1 atom stereocenters. The molecule has 0 bridgehead atoms. The fourth-order valence-corrected chi connectivity index (χ4v) is 4.80. The van der Waals surface area contributed by atoms with E-state index in [-0.39, 0.29) is 22.2 Å². The number of hydrogen-bond acceptors (Lipinski definition) is 6. The van der Waals surface area contributed by atoms with Crippen LogP contribution in [0.3, 0.4) is 0 Å². The van der Waals surface area contributed by atoms with Crippen molar-refractivity contribution in [1.82, 2.24) is 4.98 Å². The lowest BCUT2D eigenvalue weighted by Crippen LogP contribution is -2.29. The lowest BCUT2D eigenvalue weighted by atomic mass is 9.95. The molecule has 0 radical (unpaired) electrons. The number of thiazole rings is 1. The summed E-state index contributed by atoms with van der Waals surface area (Å²) in [6.45, 7) is 0. The van der Waals surface area contributed by atoms with Gasteiger partial charge in [-0.2, -0.15) is 0 Å². The molecule has 2 heterocycles. The monoisotopic (exact) mass is 446 g/mol. The Labute approximate surface area is 185 Å². The smallest absolute Gasteiger partial charge is 0.301 e. The zero-order valence-electron chi connectivity index (χ0n) is 16.4. The third-order valence-corrected chi connectivity index (χ3v) is 6.24. The van der Waals surface area contributed by atoms with E-state index in [1.807, 2.05) is 0 Å². The van der Waals surface area contributed by atoms with Crippen LogP contribution in [0.2, 0.25) is 0 Å². The molecule has 158 valence electrons. The minimum absolute atomic E-state index is 0.0563. The van der Waals surface area contributed by atoms with Crippen LogP contribution in [0.15, 0.2) is 78.4 Å². The molecular formula is C24H15FN2O4S. The number of amides is 1. The van der Waals surface area contributed by atoms with E-state index in [9.17, 15) is 24.2 Å². The molecular weight excluding hydrogens is 431 g/mol. The van der Waals surface area contributed by atoms with Gasteiger partial charge >= 0.3 is 5.91 Å². The minimum atomic E-state index is -1.02. The van der Waals surface area contributed by atoms with Gasteiger partial charge in [0.1, 0.15) is 17.3 Å². The lowest BCUT2D eigenvalue weighted by Gasteiger charge is -2.23. The Morgan fingerprint density at radius 1 is 1.00 bits per heavy atom. The number of carbonyl (C=O) groups is 2. The van der Waals surface area contributed by atoms with E-state index in [2.05, 4.69) is 4.98 Å². The Kier molecular flexibility index (Phi) is 4.71. The lowest BCUT2D eigenvalue weighted by molar-refractivity contribution is -0.132. The molecule has 8 heteroatoms. The number of phenolic OH excluding ortho intramolecular Hbond substituents is 1. The number of ketones is 1. The Hall–Kier alpha value is -4.04. The number of aliphatic hydroxyl groups excluding tert-OH is 1. The number of aliphatic hydroxyl groups is 1. The van der Waals surface area contributed by atoms with Crippen LogP contribution in [0.5, 0.6) is 5.75 Å². The molecule has 6 nitrogen and oxygen atoms in total. The fourth-order valence-electron chi connectivity index (χ4n) is 3.78. The van der Waals surface area contributed by atoms with Crippen molar-refractivity contribution in [3.63, 3.8) is 0 Å². The standard InChI is InChI=1S/C24H15FN2O4S/c25-15-9-10-17-18(12-15)32-24(26-17)27-20(14-7-4-8-16(28)11-14)19(22(30)23(27)31)21(29)13-5-2-1-3-6-13/h1-12,20,28-29H. The van der Waals surface area contributed by atoms with E-state index in [1.54, 1.807) is 42.5 Å². The first-order valence-electron chi connectivity index (χ1n) is 9.65. The van der Waals surface area contributed by atoms with Gasteiger partial charge in [-0.25, -0.2) is 9.37 Å². The van der Waals surface area contributed by atoms with Gasteiger partial charge in [-0.1, -0.05) is 53.8 Å². The average Bonchev–Trinajstić information content (AvgIpc) is 3.32. The van der Waals surface area contributed by atoms with Gasteiger partial charge in [0.2, 0.25) is 0 Å². The largest absolute Gasteiger partial charge is 0.508 e. The Bertz CT molecular complexity index is 1410. The zero-order valence-corrected chi connectivity index (χ0v) is 17.2. The van der Waals surface area contributed by atoms with Crippen molar-refractivity contribution in [1.29, 1.82) is 0 Å². The second-order valence-electron chi connectivity index (χ2n) is 7.24. The molecule has 5 rings (SSSR count). The minimum Gasteiger partial charge on any atom is -0.508 e. The van der Waals surface area contributed by atoms with Crippen molar-refractivity contribution >= 4 is 44.1 Å². The quantitative estimate of drug-likeness (QED) is 0.269. The summed E-state index contributed by atoms with van der Waals surface area (Å²) in [4.78, 5) is 31.8. The summed E-state index contributed by atoms with van der Waals surface area (Å²) >= 11 is 1.06. The normalized spacial score (nSPS) is 17.9. The van der Waals surface area contributed by atoms with Crippen molar-refractivity contribution < 1.29 is 24.2 Å². The van der Waals surface area contributed by atoms with Crippen LogP contribution in [0, 0.1) is 5.82 Å². The number of Topliss-reactive ketones (excluding diaryl/α,β-unsaturated/α-hetero) is 1. The maximum atomic E-state index is 13.7. The molecule has 1 aliphatic rings. The van der Waals surface area contributed by atoms with Gasteiger partial charge in [0.05, 0.1) is 21.8 Å². The van der Waals surface area contributed by atoms with Crippen LogP contribution in [-0.4, -0.2) is 26.9 Å². The van der Waals surface area contributed by atoms with E-state index in [1.165, 1.54) is 35.2 Å². The Balaban J connectivity index is 1.75. The number of aromatic nitrogens is 1. The maximum absolute atomic E-state index is 13.7. The zero-order chi connectivity index (χ0) is 22.4. The molecule has 1 fully saturated rings. The first-order chi connectivity index (χ1) is 15.4. The molecule has 0 spiro atoms. The maximum Gasteiger partial charge on any atom is 0.301 e. The summed E-state index contributed by atoms with van der Waals surface area (Å²) in [5, 5.41) is 21.2. The van der Waals surface area contributed by atoms with Crippen LogP contribution in [0.4, 0.5) is 9.52 Å². The van der Waals surface area contributed by atoms with E-state index in [0.717, 1.165) is 11.3 Å². The summed E-state index contributed by atoms with van der Waals surface area (Å²) in [6, 6.07) is 17.6. The molecule has 1 aliphatic heterocycles. The van der Waals surface area contributed by atoms with Crippen LogP contribution in [-0.2, 0) is 9.59 Å². The first kappa shape index (κ1) is 19.9. The molecule has 2 N–H and O–H groups in total. The van der Waals surface area contributed by atoms with Gasteiger partial charge in [-0.15, -0.1) is 0 Å². The molecule has 1 aromatic heterocycles. The Morgan fingerprint density at radius 3 is 2.53 bits per heavy atom. The highest BCUT2D eigenvalue weighted by atomic mass is 32.1. The average molecular weight is 446 g/mol. The number of carbonyl (C=O) groups excluding carboxylic acids is 2. The highest BCUT2D eigenvalue weighted by Gasteiger charge is 2.48. The highest BCUT2D eigenvalue weighted by Crippen LogP contribution is 2.44. The van der Waals surface area contributed by atoms with Crippen LogP contribution < -0.4 is 4.90 Å². The van der Waals surface area contributed by atoms with Crippen LogP contribution in [0.25, 0.3) is 16.0 Å². The number of hydrogen-bond donors (Lipinski definition) is 2. The molecule has 3 aromatic carbocycles. The molecule has 1 amide bonds. The van der Waals surface area contributed by atoms with Gasteiger partial charge < -0.3 is 10.2 Å². The van der Waals surface area contributed by atoms with Crippen LogP contribution in [0.1, 0.15) is 17.2 Å². The summed E-state index contributed by atoms with van der Waals surface area (Å²) in [7, 11) is 0. The van der Waals surface area contributed by atoms with E-state index < -0.39 is 23.5 Å². The third-order valence-electron chi connectivity index (χ3n) is 5.22. The molecule has 1 saturated heterocycles. The van der Waals surface area contributed by atoms with Crippen molar-refractivity contribution in [2.75, 3.05) is 4.90 Å². The van der Waals surface area contributed by atoms with Gasteiger partial charge in [-0.3, -0.25) is 14.5 Å². The van der Waals surface area contributed by atoms with Gasteiger partial charge in [0, 0.05) is 5.56 Å². The number of anilines is 1. The summed E-state index contributed by atoms with van der Waals surface area (Å²) in [5.41, 5.74) is 1.16. The summed E-state index contributed by atoms with van der Waals surface area (Å²) in [5.74, 6) is -2.56. The molecule has 0 saturated carbocycles. The van der Waals surface area contributed by atoms with Crippen LogP contribution >= 0.6 is 11.3 Å². The molecule has 1 unspecified atom stereocenters. The predicted octanol–water partition coefficient (Wildman–Crippen LogP) is 4.77. The fraction of sp³-hybridized carbons (Fsp3) is 0.0417. The SMILES string of the molecule is O=C1C(=O)N(c2nc3ccc(F)cc3s2)C(c2cccc(O)c2)C1=C(O)c1ccccc1. The number of aromatic hydroxyl groups is 1. The second kappa shape index (κ2) is 7.58. The number of phenols is 1. The number of rotatable bonds is 3. The second-order valence-corrected chi connectivity index (χ2v) is 8.25.